The lowest BCUT2D eigenvalue weighted by molar-refractivity contribution is 0.133. The Morgan fingerprint density at radius 3 is 2.65 bits per heavy atom. The van der Waals surface area contributed by atoms with Crippen molar-refractivity contribution in [3.05, 3.63) is 17.7 Å². The second-order valence-corrected chi connectivity index (χ2v) is 6.72. The normalized spacial score (nSPS) is 25.1. The number of hydrogen-bond donors (Lipinski definition) is 1. The summed E-state index contributed by atoms with van der Waals surface area (Å²) >= 11 is 0. The molecule has 4 nitrogen and oxygen atoms in total. The number of aryl methyl sites for hydroxylation is 1. The van der Waals surface area contributed by atoms with Crippen molar-refractivity contribution in [2.75, 3.05) is 13.1 Å². The second kappa shape index (κ2) is 5.86. The standard InChI is InChI=1S/C16H27N3O/c1-12(2)18-8-5-13(6-9-18)10-14-11-19-7-3-4-15(20)16(19)17-14/h11-13,15,20H,3-10H2,1-2H3. The van der Waals surface area contributed by atoms with E-state index >= 15 is 0 Å². The number of aliphatic hydroxyl groups is 1. The summed E-state index contributed by atoms with van der Waals surface area (Å²) in [7, 11) is 0. The fourth-order valence-electron chi connectivity index (χ4n) is 3.58. The van der Waals surface area contributed by atoms with Crippen molar-refractivity contribution in [2.24, 2.45) is 5.92 Å². The Kier molecular flexibility index (Phi) is 4.13. The van der Waals surface area contributed by atoms with Crippen molar-refractivity contribution in [3.63, 3.8) is 0 Å². The van der Waals surface area contributed by atoms with Crippen LogP contribution in [0.3, 0.4) is 0 Å². The monoisotopic (exact) mass is 277 g/mol. The minimum absolute atomic E-state index is 0.347. The molecule has 1 unspecified atom stereocenters. The van der Waals surface area contributed by atoms with Gasteiger partial charge in [-0.05, 0) is 65.0 Å². The molecule has 0 amide bonds. The largest absolute Gasteiger partial charge is 0.385 e. The predicted molar refractivity (Wildman–Crippen MR) is 79.6 cm³/mol. The average Bonchev–Trinajstić information content (AvgIpc) is 2.83. The quantitative estimate of drug-likeness (QED) is 0.922. The van der Waals surface area contributed by atoms with Crippen LogP contribution in [0.5, 0.6) is 0 Å². The van der Waals surface area contributed by atoms with Gasteiger partial charge in [-0.15, -0.1) is 0 Å². The maximum absolute atomic E-state index is 9.99. The molecule has 1 fully saturated rings. The molecule has 1 N–H and O–H groups in total. The molecule has 0 aromatic carbocycles. The Morgan fingerprint density at radius 1 is 1.25 bits per heavy atom. The average molecular weight is 277 g/mol. The van der Waals surface area contributed by atoms with Crippen LogP contribution in [0.2, 0.25) is 0 Å². The number of fused-ring (bicyclic) bond motifs is 1. The summed E-state index contributed by atoms with van der Waals surface area (Å²) in [5.74, 6) is 1.66. The Hall–Kier alpha value is -0.870. The van der Waals surface area contributed by atoms with Crippen LogP contribution in [-0.4, -0.2) is 38.7 Å². The third-order valence-electron chi connectivity index (χ3n) is 4.91. The van der Waals surface area contributed by atoms with Gasteiger partial charge in [0.25, 0.3) is 0 Å². The first-order valence-corrected chi connectivity index (χ1v) is 8.11. The zero-order chi connectivity index (χ0) is 14.1. The number of piperidine rings is 1. The van der Waals surface area contributed by atoms with E-state index in [1.54, 1.807) is 0 Å². The Morgan fingerprint density at radius 2 is 2.00 bits per heavy atom. The molecule has 112 valence electrons. The molecular weight excluding hydrogens is 250 g/mol. The van der Waals surface area contributed by atoms with Crippen LogP contribution in [0.25, 0.3) is 0 Å². The smallest absolute Gasteiger partial charge is 0.137 e. The number of imidazole rings is 1. The molecule has 2 aliphatic heterocycles. The molecule has 2 aliphatic rings. The third-order valence-corrected chi connectivity index (χ3v) is 4.91. The summed E-state index contributed by atoms with van der Waals surface area (Å²) < 4.78 is 2.16. The van der Waals surface area contributed by atoms with E-state index in [2.05, 4.69) is 34.5 Å². The van der Waals surface area contributed by atoms with E-state index in [0.29, 0.717) is 6.04 Å². The highest BCUT2D eigenvalue weighted by Crippen LogP contribution is 2.27. The van der Waals surface area contributed by atoms with E-state index in [4.69, 9.17) is 0 Å². The number of rotatable bonds is 3. The molecule has 0 spiro atoms. The van der Waals surface area contributed by atoms with Crippen molar-refractivity contribution in [3.8, 4) is 0 Å². The molecule has 20 heavy (non-hydrogen) atoms. The first-order chi connectivity index (χ1) is 9.63. The first kappa shape index (κ1) is 14.1. The summed E-state index contributed by atoms with van der Waals surface area (Å²) in [5.41, 5.74) is 1.18. The summed E-state index contributed by atoms with van der Waals surface area (Å²) in [5, 5.41) is 9.99. The molecule has 0 bridgehead atoms. The fourth-order valence-corrected chi connectivity index (χ4v) is 3.58. The van der Waals surface area contributed by atoms with Crippen molar-refractivity contribution >= 4 is 0 Å². The molecule has 1 aromatic rings. The summed E-state index contributed by atoms with van der Waals surface area (Å²) in [6.07, 6.45) is 7.40. The maximum Gasteiger partial charge on any atom is 0.137 e. The van der Waals surface area contributed by atoms with E-state index in [1.165, 1.54) is 31.6 Å². The highest BCUT2D eigenvalue weighted by atomic mass is 16.3. The minimum Gasteiger partial charge on any atom is -0.385 e. The Balaban J connectivity index is 1.59. The van der Waals surface area contributed by atoms with Crippen LogP contribution in [0.4, 0.5) is 0 Å². The number of likely N-dealkylation sites (tertiary alicyclic amines) is 1. The van der Waals surface area contributed by atoms with Crippen molar-refractivity contribution < 1.29 is 5.11 Å². The lowest BCUT2D eigenvalue weighted by atomic mass is 9.92. The number of aliphatic hydroxyl groups excluding tert-OH is 1. The van der Waals surface area contributed by atoms with Crippen LogP contribution in [0, 0.1) is 5.92 Å². The first-order valence-electron chi connectivity index (χ1n) is 8.11. The molecule has 0 radical (unpaired) electrons. The van der Waals surface area contributed by atoms with Gasteiger partial charge in [0.2, 0.25) is 0 Å². The molecule has 3 rings (SSSR count). The van der Waals surface area contributed by atoms with Crippen LogP contribution in [-0.2, 0) is 13.0 Å². The van der Waals surface area contributed by atoms with E-state index in [-0.39, 0.29) is 6.10 Å². The molecule has 1 atom stereocenters. The molecule has 0 aliphatic carbocycles. The predicted octanol–water partition coefficient (Wildman–Crippen LogP) is 2.37. The van der Waals surface area contributed by atoms with Crippen molar-refractivity contribution in [1.29, 1.82) is 0 Å². The minimum atomic E-state index is -0.347. The van der Waals surface area contributed by atoms with Crippen LogP contribution < -0.4 is 0 Å². The number of nitrogens with zero attached hydrogens (tertiary/aromatic N) is 3. The number of hydrogen-bond acceptors (Lipinski definition) is 3. The molecule has 1 saturated heterocycles. The molecule has 4 heteroatoms. The SMILES string of the molecule is CC(C)N1CCC(Cc2cn3c(n2)C(O)CCC3)CC1. The van der Waals surface area contributed by atoms with Gasteiger partial charge in [0.15, 0.2) is 0 Å². The van der Waals surface area contributed by atoms with Crippen LogP contribution in [0.1, 0.15) is 57.2 Å². The highest BCUT2D eigenvalue weighted by Gasteiger charge is 2.24. The van der Waals surface area contributed by atoms with E-state index in [9.17, 15) is 5.11 Å². The summed E-state index contributed by atoms with van der Waals surface area (Å²) in [4.78, 5) is 7.25. The van der Waals surface area contributed by atoms with Gasteiger partial charge in [0.1, 0.15) is 11.9 Å². The zero-order valence-electron chi connectivity index (χ0n) is 12.8. The summed E-state index contributed by atoms with van der Waals surface area (Å²) in [6.45, 7) is 8.03. The molecular formula is C16H27N3O. The lowest BCUT2D eigenvalue weighted by Crippen LogP contribution is -2.38. The van der Waals surface area contributed by atoms with Crippen molar-refractivity contribution in [2.45, 2.75) is 64.6 Å². The van der Waals surface area contributed by atoms with Gasteiger partial charge >= 0.3 is 0 Å². The Bertz CT molecular complexity index is 447. The summed E-state index contributed by atoms with van der Waals surface area (Å²) in [6, 6.07) is 0.672. The molecule has 3 heterocycles. The van der Waals surface area contributed by atoms with Gasteiger partial charge in [0.05, 0.1) is 5.69 Å². The van der Waals surface area contributed by atoms with Gasteiger partial charge in [-0.3, -0.25) is 0 Å². The van der Waals surface area contributed by atoms with E-state index in [1.807, 2.05) is 0 Å². The topological polar surface area (TPSA) is 41.3 Å². The van der Waals surface area contributed by atoms with Gasteiger partial charge in [-0.25, -0.2) is 4.98 Å². The fraction of sp³-hybridized carbons (Fsp3) is 0.812. The highest BCUT2D eigenvalue weighted by molar-refractivity contribution is 5.09. The molecule has 0 saturated carbocycles. The lowest BCUT2D eigenvalue weighted by Gasteiger charge is -2.34. The van der Waals surface area contributed by atoms with Crippen LogP contribution >= 0.6 is 0 Å². The zero-order valence-corrected chi connectivity index (χ0v) is 12.8. The molecule has 1 aromatic heterocycles. The van der Waals surface area contributed by atoms with E-state index < -0.39 is 0 Å². The number of aromatic nitrogens is 2. The maximum atomic E-state index is 9.99. The van der Waals surface area contributed by atoms with Gasteiger partial charge < -0.3 is 14.6 Å². The Labute approximate surface area is 121 Å². The second-order valence-electron chi connectivity index (χ2n) is 6.72. The van der Waals surface area contributed by atoms with Gasteiger partial charge in [0, 0.05) is 18.8 Å². The van der Waals surface area contributed by atoms with Crippen LogP contribution in [0.15, 0.2) is 6.20 Å². The van der Waals surface area contributed by atoms with E-state index in [0.717, 1.165) is 37.5 Å². The third kappa shape index (κ3) is 2.91. The van der Waals surface area contributed by atoms with Gasteiger partial charge in [-0.1, -0.05) is 0 Å². The van der Waals surface area contributed by atoms with Crippen molar-refractivity contribution in [1.82, 2.24) is 14.5 Å². The van der Waals surface area contributed by atoms with Gasteiger partial charge in [-0.2, -0.15) is 0 Å².